The molecule has 3 aliphatic rings. The van der Waals surface area contributed by atoms with Crippen LogP contribution >= 0.6 is 15.9 Å². The summed E-state index contributed by atoms with van der Waals surface area (Å²) < 4.78 is 13.0. The highest BCUT2D eigenvalue weighted by Crippen LogP contribution is 2.60. The Labute approximate surface area is 293 Å². The van der Waals surface area contributed by atoms with Crippen molar-refractivity contribution >= 4 is 39.6 Å². The SMILES string of the molecule is C=CCCC(=O)N(C)[C@H](C)[C@H](OC(=O)[C@H]1[C@@H]2O[C@@]3(CC2Br)[C@@H]1C(=O)N(CCCCCO)[C@@H]3C(=O)N(CC=C)CCCC)c1ccccc1. The van der Waals surface area contributed by atoms with E-state index in [1.165, 1.54) is 0 Å². The molecule has 1 aromatic carbocycles. The zero-order valence-corrected chi connectivity index (χ0v) is 30.2. The molecular formula is C37H52BrN3O7. The second-order valence-electron chi connectivity index (χ2n) is 13.2. The topological polar surface area (TPSA) is 117 Å². The van der Waals surface area contributed by atoms with E-state index in [1.54, 1.807) is 33.9 Å². The molecule has 264 valence electrons. The number of rotatable bonds is 19. The lowest BCUT2D eigenvalue weighted by atomic mass is 9.70. The van der Waals surface area contributed by atoms with Gasteiger partial charge in [0, 0.05) is 44.5 Å². The number of aliphatic hydroxyl groups excluding tert-OH is 1. The standard InChI is InChI=1S/C37H52BrN3O7/c1-6-9-19-28(43)39(5)25(4)31(26-17-13-11-14-18-26)47-36(46)29-30-34(44)41(22-15-12-16-23-42)33(37(30)24-27(38)32(29)48-37)35(45)40(20-8-3)21-10-7-2/h6,8,11,13-14,17-18,25,27,29-33,42H,1,3,7,9-10,12,15-16,19-24H2,2,4-5H3/t25-,27?,29-,30+,31+,32-,33-,37+/m1/s1. The molecule has 0 aliphatic carbocycles. The molecular weight excluding hydrogens is 678 g/mol. The quantitative estimate of drug-likeness (QED) is 0.0941. The van der Waals surface area contributed by atoms with Gasteiger partial charge in [0.25, 0.3) is 0 Å². The maximum atomic E-state index is 14.5. The molecule has 3 fully saturated rings. The Hall–Kier alpha value is -3.02. The van der Waals surface area contributed by atoms with Crippen molar-refractivity contribution in [2.75, 3.05) is 33.3 Å². The second-order valence-corrected chi connectivity index (χ2v) is 14.4. The maximum Gasteiger partial charge on any atom is 0.313 e. The number of halogens is 1. The summed E-state index contributed by atoms with van der Waals surface area (Å²) >= 11 is 3.75. The van der Waals surface area contributed by atoms with Crippen LogP contribution in [0.1, 0.15) is 76.9 Å². The molecule has 1 aromatic rings. The van der Waals surface area contributed by atoms with Gasteiger partial charge in [-0.1, -0.05) is 71.8 Å². The Bertz CT molecular complexity index is 1310. The minimum absolute atomic E-state index is 0.0486. The monoisotopic (exact) mass is 729 g/mol. The smallest absolute Gasteiger partial charge is 0.313 e. The first-order valence-electron chi connectivity index (χ1n) is 17.3. The fourth-order valence-corrected chi connectivity index (χ4v) is 8.52. The summed E-state index contributed by atoms with van der Waals surface area (Å²) in [7, 11) is 1.70. The van der Waals surface area contributed by atoms with Crippen LogP contribution in [-0.4, -0.2) is 105 Å². The summed E-state index contributed by atoms with van der Waals surface area (Å²) in [5.41, 5.74) is -0.479. The van der Waals surface area contributed by atoms with Crippen LogP contribution in [0.5, 0.6) is 0 Å². The van der Waals surface area contributed by atoms with E-state index in [-0.39, 0.29) is 35.6 Å². The fourth-order valence-electron chi connectivity index (χ4n) is 7.58. The minimum Gasteiger partial charge on any atom is -0.455 e. The fraction of sp³-hybridized carbons (Fsp3) is 0.622. The Morgan fingerprint density at radius 2 is 1.90 bits per heavy atom. The van der Waals surface area contributed by atoms with Gasteiger partial charge in [-0.15, -0.1) is 13.2 Å². The number of carbonyl (C=O) groups excluding carboxylic acids is 4. The molecule has 2 bridgehead atoms. The molecule has 3 aliphatic heterocycles. The van der Waals surface area contributed by atoms with Crippen molar-refractivity contribution in [3.05, 3.63) is 61.2 Å². The number of amides is 3. The van der Waals surface area contributed by atoms with Crippen LogP contribution in [0, 0.1) is 11.8 Å². The lowest BCUT2D eigenvalue weighted by molar-refractivity contribution is -0.164. The van der Waals surface area contributed by atoms with Crippen LogP contribution in [-0.2, 0) is 28.7 Å². The normalized spacial score (nSPS) is 26.9. The summed E-state index contributed by atoms with van der Waals surface area (Å²) in [5.74, 6) is -3.01. The third-order valence-corrected chi connectivity index (χ3v) is 11.0. The Morgan fingerprint density at radius 3 is 2.54 bits per heavy atom. The second kappa shape index (κ2) is 17.1. The van der Waals surface area contributed by atoms with Crippen molar-refractivity contribution in [1.29, 1.82) is 0 Å². The molecule has 1 spiro atoms. The van der Waals surface area contributed by atoms with E-state index in [9.17, 15) is 24.3 Å². The first kappa shape index (κ1) is 37.8. The van der Waals surface area contributed by atoms with E-state index >= 15 is 0 Å². The van der Waals surface area contributed by atoms with Crippen LogP contribution in [0.4, 0.5) is 0 Å². The summed E-state index contributed by atoms with van der Waals surface area (Å²) in [5, 5.41) is 9.35. The summed E-state index contributed by atoms with van der Waals surface area (Å²) in [4.78, 5) is 61.0. The van der Waals surface area contributed by atoms with E-state index in [4.69, 9.17) is 9.47 Å². The molecule has 3 heterocycles. The highest BCUT2D eigenvalue weighted by atomic mass is 79.9. The molecule has 3 amide bonds. The zero-order chi connectivity index (χ0) is 35.0. The van der Waals surface area contributed by atoms with Gasteiger partial charge in [-0.05, 0) is 51.0 Å². The number of alkyl halides is 1. The van der Waals surface area contributed by atoms with Gasteiger partial charge in [0.15, 0.2) is 0 Å². The number of fused-ring (bicyclic) bond motifs is 1. The van der Waals surface area contributed by atoms with Gasteiger partial charge in [0.05, 0.1) is 24.0 Å². The molecule has 48 heavy (non-hydrogen) atoms. The molecule has 0 aromatic heterocycles. The van der Waals surface area contributed by atoms with Gasteiger partial charge in [-0.25, -0.2) is 0 Å². The molecule has 0 saturated carbocycles. The molecule has 4 rings (SSSR count). The Morgan fingerprint density at radius 1 is 1.17 bits per heavy atom. The maximum absolute atomic E-state index is 14.5. The van der Waals surface area contributed by atoms with Crippen molar-refractivity contribution < 1.29 is 33.8 Å². The largest absolute Gasteiger partial charge is 0.455 e. The Kier molecular flexibility index (Phi) is 13.4. The van der Waals surface area contributed by atoms with Crippen LogP contribution in [0.15, 0.2) is 55.6 Å². The van der Waals surface area contributed by atoms with Crippen molar-refractivity contribution in [3.63, 3.8) is 0 Å². The van der Waals surface area contributed by atoms with Gasteiger partial charge in [0.1, 0.15) is 17.7 Å². The van der Waals surface area contributed by atoms with Crippen molar-refractivity contribution in [2.45, 2.75) is 99.9 Å². The van der Waals surface area contributed by atoms with Gasteiger partial charge in [-0.2, -0.15) is 0 Å². The summed E-state index contributed by atoms with van der Waals surface area (Å²) in [6.07, 6.45) is 6.72. The number of likely N-dealkylation sites (N-methyl/N-ethyl adjacent to an activating group) is 1. The van der Waals surface area contributed by atoms with Gasteiger partial charge in [-0.3, -0.25) is 19.2 Å². The number of hydrogen-bond donors (Lipinski definition) is 1. The number of likely N-dealkylation sites (tertiary alicyclic amines) is 1. The highest BCUT2D eigenvalue weighted by molar-refractivity contribution is 9.09. The lowest BCUT2D eigenvalue weighted by Crippen LogP contribution is -2.57. The number of benzene rings is 1. The van der Waals surface area contributed by atoms with Gasteiger partial charge >= 0.3 is 5.97 Å². The number of ether oxygens (including phenoxy) is 2. The van der Waals surface area contributed by atoms with Crippen molar-refractivity contribution in [1.82, 2.24) is 14.7 Å². The number of unbranched alkanes of at least 4 members (excludes halogenated alkanes) is 3. The summed E-state index contributed by atoms with van der Waals surface area (Å²) in [6, 6.07) is 7.88. The van der Waals surface area contributed by atoms with E-state index in [1.807, 2.05) is 37.3 Å². The van der Waals surface area contributed by atoms with E-state index in [2.05, 4.69) is 36.0 Å². The molecule has 8 atom stereocenters. The first-order chi connectivity index (χ1) is 23.1. The van der Waals surface area contributed by atoms with Crippen LogP contribution in [0.2, 0.25) is 0 Å². The molecule has 0 radical (unpaired) electrons. The molecule has 1 unspecified atom stereocenters. The average molecular weight is 731 g/mol. The number of hydrogen-bond acceptors (Lipinski definition) is 7. The van der Waals surface area contributed by atoms with Gasteiger partial charge in [0.2, 0.25) is 17.7 Å². The number of aliphatic hydroxyl groups is 1. The number of esters is 1. The van der Waals surface area contributed by atoms with Crippen LogP contribution < -0.4 is 0 Å². The third kappa shape index (κ3) is 7.58. The molecule has 1 N–H and O–H groups in total. The molecule has 10 nitrogen and oxygen atoms in total. The van der Waals surface area contributed by atoms with Gasteiger partial charge < -0.3 is 29.3 Å². The van der Waals surface area contributed by atoms with E-state index in [0.29, 0.717) is 51.7 Å². The summed E-state index contributed by atoms with van der Waals surface area (Å²) in [6.45, 7) is 12.7. The highest BCUT2D eigenvalue weighted by Gasteiger charge is 2.77. The van der Waals surface area contributed by atoms with E-state index in [0.717, 1.165) is 18.4 Å². The predicted octanol–water partition coefficient (Wildman–Crippen LogP) is 4.81. The van der Waals surface area contributed by atoms with Crippen LogP contribution in [0.3, 0.4) is 0 Å². The van der Waals surface area contributed by atoms with E-state index < -0.39 is 47.7 Å². The van der Waals surface area contributed by atoms with Crippen LogP contribution in [0.25, 0.3) is 0 Å². The number of nitrogens with zero attached hydrogens (tertiary/aromatic N) is 3. The Balaban J connectivity index is 1.69. The number of carbonyl (C=O) groups is 4. The third-order valence-electron chi connectivity index (χ3n) is 10.2. The molecule has 11 heteroatoms. The first-order valence-corrected chi connectivity index (χ1v) is 18.2. The van der Waals surface area contributed by atoms with Crippen molar-refractivity contribution in [3.8, 4) is 0 Å². The van der Waals surface area contributed by atoms with Crippen molar-refractivity contribution in [2.24, 2.45) is 11.8 Å². The molecule has 3 saturated heterocycles. The average Bonchev–Trinajstić information content (AvgIpc) is 3.68. The number of allylic oxidation sites excluding steroid dienone is 1. The predicted molar refractivity (Wildman–Crippen MR) is 187 cm³/mol. The zero-order valence-electron chi connectivity index (χ0n) is 28.6. The minimum atomic E-state index is -1.20. The lowest BCUT2D eigenvalue weighted by Gasteiger charge is -2.37.